The molecule has 3 aromatic rings. The molecule has 8 nitrogen and oxygen atoms in total. The number of hydrogen-bond acceptors (Lipinski definition) is 8. The average Bonchev–Trinajstić information content (AvgIpc) is 3.29. The second kappa shape index (κ2) is 9.27. The molecule has 3 aromatic heterocycles. The number of rotatable bonds is 6. The van der Waals surface area contributed by atoms with E-state index in [1.54, 1.807) is 29.9 Å². The lowest BCUT2D eigenvalue weighted by atomic mass is 10.1. The maximum absolute atomic E-state index is 12.0. The van der Waals surface area contributed by atoms with Crippen LogP contribution in [0.1, 0.15) is 13.8 Å². The number of nitrogens with one attached hydrogen (secondary N) is 1. The Bertz CT molecular complexity index is 970. The molecular weight excluding hydrogens is 398 g/mol. The quantitative estimate of drug-likeness (QED) is 0.651. The van der Waals surface area contributed by atoms with Crippen LogP contribution in [0.2, 0.25) is 0 Å². The summed E-state index contributed by atoms with van der Waals surface area (Å²) in [6.07, 6.45) is 6.90. The molecule has 0 radical (unpaired) electrons. The van der Waals surface area contributed by atoms with E-state index in [2.05, 4.69) is 36.1 Å². The van der Waals surface area contributed by atoms with Gasteiger partial charge in [-0.3, -0.25) is 19.7 Å². The summed E-state index contributed by atoms with van der Waals surface area (Å²) in [4.78, 5) is 35.6. The van der Waals surface area contributed by atoms with Gasteiger partial charge in [0, 0.05) is 56.4 Å². The molecule has 1 N–H and O–H groups in total. The molecule has 1 aliphatic heterocycles. The maximum Gasteiger partial charge on any atom is 0.234 e. The monoisotopic (exact) mass is 423 g/mol. The Labute approximate surface area is 180 Å². The van der Waals surface area contributed by atoms with Crippen LogP contribution in [0.3, 0.4) is 0 Å². The molecule has 0 atom stereocenters. The first kappa shape index (κ1) is 20.4. The highest BCUT2D eigenvalue weighted by molar-refractivity contribution is 7.13. The highest BCUT2D eigenvalue weighted by atomic mass is 32.1. The molecule has 0 unspecified atom stereocenters. The van der Waals surface area contributed by atoms with E-state index in [9.17, 15) is 4.79 Å². The number of piperazine rings is 1. The van der Waals surface area contributed by atoms with E-state index in [0.717, 1.165) is 48.0 Å². The number of carbonyl (C=O) groups excluding carboxylic acids is 1. The molecule has 0 saturated carbocycles. The Kier molecular flexibility index (Phi) is 6.29. The second-order valence-electron chi connectivity index (χ2n) is 7.49. The van der Waals surface area contributed by atoms with Gasteiger partial charge in [0.2, 0.25) is 11.9 Å². The van der Waals surface area contributed by atoms with Crippen LogP contribution in [0.15, 0.2) is 42.3 Å². The minimum Gasteiger partial charge on any atom is -0.353 e. The first-order valence-electron chi connectivity index (χ1n) is 10.0. The number of amides is 1. The van der Waals surface area contributed by atoms with Crippen molar-refractivity contribution >= 4 is 23.2 Å². The van der Waals surface area contributed by atoms with Crippen molar-refractivity contribution in [1.82, 2.24) is 30.2 Å². The van der Waals surface area contributed by atoms with Gasteiger partial charge in [0.25, 0.3) is 0 Å². The molecule has 9 heteroatoms. The molecule has 1 amide bonds. The molecule has 0 bridgehead atoms. The fourth-order valence-electron chi connectivity index (χ4n) is 3.43. The van der Waals surface area contributed by atoms with Gasteiger partial charge in [-0.2, -0.15) is 0 Å². The van der Waals surface area contributed by atoms with E-state index in [1.165, 1.54) is 0 Å². The van der Waals surface area contributed by atoms with E-state index >= 15 is 0 Å². The Hall–Kier alpha value is -2.91. The summed E-state index contributed by atoms with van der Waals surface area (Å²) in [6, 6.07) is 4.24. The van der Waals surface area contributed by atoms with Crippen LogP contribution >= 0.6 is 11.3 Å². The van der Waals surface area contributed by atoms with E-state index in [0.29, 0.717) is 12.5 Å². The number of aromatic nitrogens is 4. The van der Waals surface area contributed by atoms with Gasteiger partial charge in [0.1, 0.15) is 0 Å². The van der Waals surface area contributed by atoms with Crippen LogP contribution in [0.4, 0.5) is 5.95 Å². The van der Waals surface area contributed by atoms with Crippen LogP contribution < -0.4 is 10.2 Å². The smallest absolute Gasteiger partial charge is 0.234 e. The largest absolute Gasteiger partial charge is 0.353 e. The molecule has 4 rings (SSSR count). The summed E-state index contributed by atoms with van der Waals surface area (Å²) in [5, 5.41) is 4.99. The van der Waals surface area contributed by atoms with E-state index in [-0.39, 0.29) is 11.9 Å². The second-order valence-corrected chi connectivity index (χ2v) is 8.43. The van der Waals surface area contributed by atoms with Crippen molar-refractivity contribution in [1.29, 1.82) is 0 Å². The van der Waals surface area contributed by atoms with Gasteiger partial charge in [-0.05, 0) is 25.3 Å². The van der Waals surface area contributed by atoms with Crippen molar-refractivity contribution in [3.8, 4) is 21.8 Å². The molecule has 1 aliphatic rings. The van der Waals surface area contributed by atoms with Crippen molar-refractivity contribution in [2.24, 2.45) is 0 Å². The van der Waals surface area contributed by atoms with Crippen LogP contribution in [0, 0.1) is 0 Å². The van der Waals surface area contributed by atoms with Crippen LogP contribution in [0.5, 0.6) is 0 Å². The lowest BCUT2D eigenvalue weighted by Crippen LogP contribution is -2.50. The highest BCUT2D eigenvalue weighted by Gasteiger charge is 2.22. The number of nitrogens with zero attached hydrogens (tertiary/aromatic N) is 6. The van der Waals surface area contributed by atoms with Crippen molar-refractivity contribution in [3.05, 3.63) is 42.3 Å². The van der Waals surface area contributed by atoms with E-state index < -0.39 is 0 Å². The third kappa shape index (κ3) is 4.80. The van der Waals surface area contributed by atoms with Gasteiger partial charge < -0.3 is 10.2 Å². The van der Waals surface area contributed by atoms with Gasteiger partial charge in [0.05, 0.1) is 29.0 Å². The third-order valence-corrected chi connectivity index (χ3v) is 5.72. The van der Waals surface area contributed by atoms with Gasteiger partial charge in [-0.15, -0.1) is 11.3 Å². The van der Waals surface area contributed by atoms with Crippen molar-refractivity contribution < 1.29 is 4.79 Å². The van der Waals surface area contributed by atoms with Crippen molar-refractivity contribution in [2.45, 2.75) is 19.9 Å². The molecular formula is C21H25N7OS. The predicted molar refractivity (Wildman–Crippen MR) is 118 cm³/mol. The zero-order chi connectivity index (χ0) is 20.9. The Morgan fingerprint density at radius 2 is 2.00 bits per heavy atom. The normalized spacial score (nSPS) is 14.8. The molecule has 0 spiro atoms. The first-order chi connectivity index (χ1) is 14.6. The molecule has 156 valence electrons. The van der Waals surface area contributed by atoms with Crippen LogP contribution in [-0.4, -0.2) is 69.5 Å². The third-order valence-electron chi connectivity index (χ3n) is 4.84. The summed E-state index contributed by atoms with van der Waals surface area (Å²) in [6.45, 7) is 7.54. The van der Waals surface area contributed by atoms with Crippen LogP contribution in [0.25, 0.3) is 21.8 Å². The van der Waals surface area contributed by atoms with Gasteiger partial charge in [-0.25, -0.2) is 9.97 Å². The topological polar surface area (TPSA) is 87.1 Å². The summed E-state index contributed by atoms with van der Waals surface area (Å²) >= 11 is 1.64. The average molecular weight is 424 g/mol. The minimum atomic E-state index is 0.0722. The number of anilines is 1. The van der Waals surface area contributed by atoms with Gasteiger partial charge in [0.15, 0.2) is 0 Å². The summed E-state index contributed by atoms with van der Waals surface area (Å²) < 4.78 is 0. The fraction of sp³-hybridized carbons (Fsp3) is 0.381. The van der Waals surface area contributed by atoms with Crippen LogP contribution in [-0.2, 0) is 4.79 Å². The maximum atomic E-state index is 12.0. The Morgan fingerprint density at radius 1 is 1.17 bits per heavy atom. The highest BCUT2D eigenvalue weighted by Crippen LogP contribution is 2.32. The number of thiophene rings is 1. The standard InChI is InChI=1S/C21H25N7OS/c1-15(2)25-19(29)14-27-7-9-28(10-8-27)21-24-12-16(17-13-22-5-6-23-17)20(26-21)18-4-3-11-30-18/h3-6,11-13,15H,7-10,14H2,1-2H3,(H,25,29). The van der Waals surface area contributed by atoms with Crippen molar-refractivity contribution in [3.63, 3.8) is 0 Å². The number of hydrogen-bond donors (Lipinski definition) is 1. The van der Waals surface area contributed by atoms with E-state index in [4.69, 9.17) is 4.98 Å². The molecule has 0 aliphatic carbocycles. The first-order valence-corrected chi connectivity index (χ1v) is 10.9. The summed E-state index contributed by atoms with van der Waals surface area (Å²) in [5.74, 6) is 0.778. The van der Waals surface area contributed by atoms with Crippen molar-refractivity contribution in [2.75, 3.05) is 37.6 Å². The fourth-order valence-corrected chi connectivity index (χ4v) is 4.16. The SMILES string of the molecule is CC(C)NC(=O)CN1CCN(c2ncc(-c3cnccn3)c(-c3cccs3)n2)CC1. The Balaban J connectivity index is 1.51. The molecule has 1 saturated heterocycles. The van der Waals surface area contributed by atoms with Gasteiger partial charge >= 0.3 is 0 Å². The molecule has 1 fully saturated rings. The van der Waals surface area contributed by atoms with Gasteiger partial charge in [-0.1, -0.05) is 6.07 Å². The Morgan fingerprint density at radius 3 is 2.67 bits per heavy atom. The molecule has 4 heterocycles. The zero-order valence-electron chi connectivity index (χ0n) is 17.2. The summed E-state index contributed by atoms with van der Waals surface area (Å²) in [5.41, 5.74) is 2.50. The summed E-state index contributed by atoms with van der Waals surface area (Å²) in [7, 11) is 0. The minimum absolute atomic E-state index is 0.0722. The molecule has 30 heavy (non-hydrogen) atoms. The number of carbonyl (C=O) groups is 1. The zero-order valence-corrected chi connectivity index (χ0v) is 18.0. The predicted octanol–water partition coefficient (Wildman–Crippen LogP) is 2.31. The lowest BCUT2D eigenvalue weighted by Gasteiger charge is -2.34. The lowest BCUT2D eigenvalue weighted by molar-refractivity contribution is -0.122. The van der Waals surface area contributed by atoms with E-state index in [1.807, 2.05) is 31.5 Å². The molecule has 0 aromatic carbocycles.